The van der Waals surface area contributed by atoms with Crippen molar-refractivity contribution in [2.45, 2.75) is 6.92 Å². The number of rotatable bonds is 6. The Kier molecular flexibility index (Phi) is 5.90. The largest absolute Gasteiger partial charge is 0.379 e. The maximum Gasteiger partial charge on any atom is 0.252 e. The van der Waals surface area contributed by atoms with Crippen molar-refractivity contribution >= 4 is 33.2 Å². The summed E-state index contributed by atoms with van der Waals surface area (Å²) in [7, 11) is 0. The number of halogens is 1. The van der Waals surface area contributed by atoms with E-state index in [1.54, 1.807) is 11.3 Å². The molecule has 84 valence electrons. The van der Waals surface area contributed by atoms with Gasteiger partial charge in [-0.1, -0.05) is 15.9 Å². The molecule has 5 heteroatoms. The highest BCUT2D eigenvalue weighted by atomic mass is 79.9. The summed E-state index contributed by atoms with van der Waals surface area (Å²) in [5, 5.41) is 7.47. The lowest BCUT2D eigenvalue weighted by Gasteiger charge is -2.04. The first-order chi connectivity index (χ1) is 7.25. The normalized spacial score (nSPS) is 10.3. The zero-order valence-corrected chi connectivity index (χ0v) is 11.0. The number of hydrogen-bond acceptors (Lipinski definition) is 3. The van der Waals surface area contributed by atoms with Crippen molar-refractivity contribution in [2.24, 2.45) is 0 Å². The van der Waals surface area contributed by atoms with E-state index in [-0.39, 0.29) is 5.91 Å². The highest BCUT2D eigenvalue weighted by Crippen LogP contribution is 2.12. The van der Waals surface area contributed by atoms with Crippen LogP contribution in [0.3, 0.4) is 0 Å². The lowest BCUT2D eigenvalue weighted by Crippen LogP contribution is -2.27. The molecule has 0 aliphatic heterocycles. The van der Waals surface area contributed by atoms with Crippen LogP contribution in [0, 0.1) is 6.92 Å². The number of carbonyl (C=O) groups is 1. The number of aryl methyl sites for hydroxylation is 1. The maximum absolute atomic E-state index is 11.6. The van der Waals surface area contributed by atoms with Gasteiger partial charge in [-0.3, -0.25) is 4.79 Å². The molecule has 0 radical (unpaired) electrons. The van der Waals surface area contributed by atoms with Gasteiger partial charge in [0.1, 0.15) is 0 Å². The molecule has 0 aliphatic carbocycles. The van der Waals surface area contributed by atoms with Crippen LogP contribution < -0.4 is 5.32 Å². The molecule has 1 heterocycles. The minimum atomic E-state index is -0.0174. The number of hydrogen-bond donors (Lipinski definition) is 1. The molecular formula is C10H14BrNO2S. The summed E-state index contributed by atoms with van der Waals surface area (Å²) in [5.41, 5.74) is 1.79. The fraction of sp³-hybridized carbons (Fsp3) is 0.500. The minimum absolute atomic E-state index is 0.0174. The van der Waals surface area contributed by atoms with E-state index in [1.807, 2.05) is 17.7 Å². The van der Waals surface area contributed by atoms with Gasteiger partial charge in [0.05, 0.1) is 18.8 Å². The molecule has 0 saturated carbocycles. The Morgan fingerprint density at radius 1 is 1.53 bits per heavy atom. The molecule has 1 aromatic heterocycles. The molecule has 0 spiro atoms. The highest BCUT2D eigenvalue weighted by Gasteiger charge is 2.08. The van der Waals surface area contributed by atoms with Crippen molar-refractivity contribution in [3.8, 4) is 0 Å². The van der Waals surface area contributed by atoms with E-state index < -0.39 is 0 Å². The van der Waals surface area contributed by atoms with Gasteiger partial charge in [0.25, 0.3) is 5.91 Å². The Labute approximate surface area is 102 Å². The van der Waals surface area contributed by atoms with Gasteiger partial charge in [-0.25, -0.2) is 0 Å². The van der Waals surface area contributed by atoms with Crippen LogP contribution in [0.25, 0.3) is 0 Å². The average molecular weight is 292 g/mol. The van der Waals surface area contributed by atoms with Crippen LogP contribution in [0.4, 0.5) is 0 Å². The molecule has 1 amide bonds. The van der Waals surface area contributed by atoms with E-state index in [0.29, 0.717) is 19.8 Å². The Bertz CT molecular complexity index is 314. The van der Waals surface area contributed by atoms with Crippen LogP contribution >= 0.6 is 27.3 Å². The number of nitrogens with one attached hydrogen (secondary N) is 1. The molecule has 1 rings (SSSR count). The summed E-state index contributed by atoms with van der Waals surface area (Å²) in [4.78, 5) is 11.6. The molecule has 0 saturated heterocycles. The van der Waals surface area contributed by atoms with Gasteiger partial charge >= 0.3 is 0 Å². The summed E-state index contributed by atoms with van der Waals surface area (Å²) < 4.78 is 5.22. The molecule has 0 aliphatic rings. The van der Waals surface area contributed by atoms with Gasteiger partial charge in [0, 0.05) is 17.3 Å². The van der Waals surface area contributed by atoms with Crippen molar-refractivity contribution in [1.82, 2.24) is 5.32 Å². The zero-order chi connectivity index (χ0) is 11.1. The predicted molar refractivity (Wildman–Crippen MR) is 66.0 cm³/mol. The number of alkyl halides is 1. The molecule has 0 atom stereocenters. The first kappa shape index (κ1) is 12.7. The molecule has 0 aromatic carbocycles. The van der Waals surface area contributed by atoms with Crippen LogP contribution in [-0.2, 0) is 4.74 Å². The van der Waals surface area contributed by atoms with Crippen molar-refractivity contribution in [3.63, 3.8) is 0 Å². The van der Waals surface area contributed by atoms with Crippen molar-refractivity contribution in [3.05, 3.63) is 21.9 Å². The van der Waals surface area contributed by atoms with E-state index in [1.165, 1.54) is 0 Å². The van der Waals surface area contributed by atoms with E-state index in [2.05, 4.69) is 21.2 Å². The third-order valence-corrected chi connectivity index (χ3v) is 3.04. The van der Waals surface area contributed by atoms with Crippen LogP contribution in [-0.4, -0.2) is 31.0 Å². The van der Waals surface area contributed by atoms with E-state index in [0.717, 1.165) is 16.5 Å². The summed E-state index contributed by atoms with van der Waals surface area (Å²) >= 11 is 4.80. The number of amides is 1. The van der Waals surface area contributed by atoms with Crippen molar-refractivity contribution in [2.75, 3.05) is 25.1 Å². The second-order valence-corrected chi connectivity index (χ2v) is 4.56. The van der Waals surface area contributed by atoms with Gasteiger partial charge in [0.2, 0.25) is 0 Å². The van der Waals surface area contributed by atoms with Crippen LogP contribution in [0.15, 0.2) is 10.8 Å². The van der Waals surface area contributed by atoms with Crippen LogP contribution in [0.1, 0.15) is 15.9 Å². The molecule has 0 fully saturated rings. The van der Waals surface area contributed by atoms with Gasteiger partial charge in [-0.15, -0.1) is 0 Å². The SMILES string of the molecule is Cc1cscc1C(=O)NCCOCCBr. The first-order valence-electron chi connectivity index (χ1n) is 4.70. The molecule has 1 N–H and O–H groups in total. The van der Waals surface area contributed by atoms with Gasteiger partial charge in [0.15, 0.2) is 0 Å². The van der Waals surface area contributed by atoms with E-state index >= 15 is 0 Å². The Balaban J connectivity index is 2.22. The van der Waals surface area contributed by atoms with Gasteiger partial charge in [-0.05, 0) is 17.9 Å². The molecule has 0 unspecified atom stereocenters. The van der Waals surface area contributed by atoms with Gasteiger partial charge in [-0.2, -0.15) is 11.3 Å². The fourth-order valence-corrected chi connectivity index (χ4v) is 2.14. The van der Waals surface area contributed by atoms with Crippen LogP contribution in [0.2, 0.25) is 0 Å². The topological polar surface area (TPSA) is 38.3 Å². The van der Waals surface area contributed by atoms with Gasteiger partial charge < -0.3 is 10.1 Å². The minimum Gasteiger partial charge on any atom is -0.379 e. The number of thiophene rings is 1. The third kappa shape index (κ3) is 4.32. The monoisotopic (exact) mass is 291 g/mol. The predicted octanol–water partition coefficient (Wildman–Crippen LogP) is 2.20. The summed E-state index contributed by atoms with van der Waals surface area (Å²) in [6, 6.07) is 0. The smallest absolute Gasteiger partial charge is 0.252 e. The van der Waals surface area contributed by atoms with E-state index in [4.69, 9.17) is 4.74 Å². The molecule has 0 bridgehead atoms. The summed E-state index contributed by atoms with van der Waals surface area (Å²) in [6.45, 7) is 3.72. The number of ether oxygens (including phenoxy) is 1. The lowest BCUT2D eigenvalue weighted by molar-refractivity contribution is 0.0924. The zero-order valence-electron chi connectivity index (χ0n) is 8.59. The first-order valence-corrected chi connectivity index (χ1v) is 6.77. The average Bonchev–Trinajstić information content (AvgIpc) is 2.64. The Morgan fingerprint density at radius 2 is 2.33 bits per heavy atom. The molecule has 3 nitrogen and oxygen atoms in total. The summed E-state index contributed by atoms with van der Waals surface area (Å²) in [5.74, 6) is -0.0174. The second kappa shape index (κ2) is 6.98. The maximum atomic E-state index is 11.6. The van der Waals surface area contributed by atoms with Crippen LogP contribution in [0.5, 0.6) is 0 Å². The summed E-state index contributed by atoms with van der Waals surface area (Å²) in [6.07, 6.45) is 0. The molecule has 1 aromatic rings. The quantitative estimate of drug-likeness (QED) is 0.645. The molecular weight excluding hydrogens is 278 g/mol. The van der Waals surface area contributed by atoms with Crippen molar-refractivity contribution < 1.29 is 9.53 Å². The number of carbonyl (C=O) groups excluding carboxylic acids is 1. The third-order valence-electron chi connectivity index (χ3n) is 1.85. The second-order valence-electron chi connectivity index (χ2n) is 3.03. The lowest BCUT2D eigenvalue weighted by atomic mass is 10.2. The fourth-order valence-electron chi connectivity index (χ4n) is 1.08. The van der Waals surface area contributed by atoms with E-state index in [9.17, 15) is 4.79 Å². The Morgan fingerprint density at radius 3 is 2.93 bits per heavy atom. The standard InChI is InChI=1S/C10H14BrNO2S/c1-8-6-15-7-9(8)10(13)12-3-5-14-4-2-11/h6-7H,2-5H2,1H3,(H,12,13). The van der Waals surface area contributed by atoms with Crippen molar-refractivity contribution in [1.29, 1.82) is 0 Å². The highest BCUT2D eigenvalue weighted by molar-refractivity contribution is 9.09. The molecule has 15 heavy (non-hydrogen) atoms. The Hall–Kier alpha value is -0.390.